The van der Waals surface area contributed by atoms with Crippen LogP contribution in [-0.2, 0) is 0 Å². The SMILES string of the molecule is C[C@H](CN[C@@H](c1ccccc1)[C@H]1CNc2cccnc2N1)c1ccccc1C#N. The lowest BCUT2D eigenvalue weighted by atomic mass is 9.93. The van der Waals surface area contributed by atoms with E-state index in [-0.39, 0.29) is 18.0 Å². The lowest BCUT2D eigenvalue weighted by Gasteiger charge is -2.35. The van der Waals surface area contributed by atoms with Crippen LogP contribution in [0.25, 0.3) is 0 Å². The van der Waals surface area contributed by atoms with Gasteiger partial charge in [-0.25, -0.2) is 4.98 Å². The Labute approximate surface area is 171 Å². The zero-order valence-electron chi connectivity index (χ0n) is 16.5. The topological polar surface area (TPSA) is 72.8 Å². The van der Waals surface area contributed by atoms with Crippen molar-refractivity contribution in [2.24, 2.45) is 0 Å². The fraction of sp³-hybridized carbons (Fsp3) is 0.250. The quantitative estimate of drug-likeness (QED) is 0.592. The van der Waals surface area contributed by atoms with Crippen molar-refractivity contribution in [2.45, 2.75) is 24.9 Å². The summed E-state index contributed by atoms with van der Waals surface area (Å²) in [6.45, 7) is 3.73. The lowest BCUT2D eigenvalue weighted by Crippen LogP contribution is -2.45. The highest BCUT2D eigenvalue weighted by Gasteiger charge is 2.27. The zero-order chi connectivity index (χ0) is 20.1. The molecule has 146 valence electrons. The van der Waals surface area contributed by atoms with Crippen LogP contribution in [0.5, 0.6) is 0 Å². The van der Waals surface area contributed by atoms with Crippen LogP contribution in [0.3, 0.4) is 0 Å². The molecule has 0 saturated carbocycles. The maximum absolute atomic E-state index is 9.42. The number of nitriles is 1. The van der Waals surface area contributed by atoms with Crippen molar-refractivity contribution >= 4 is 11.5 Å². The van der Waals surface area contributed by atoms with Gasteiger partial charge in [-0.15, -0.1) is 0 Å². The van der Waals surface area contributed by atoms with Crippen LogP contribution in [0.2, 0.25) is 0 Å². The van der Waals surface area contributed by atoms with Gasteiger partial charge in [0.15, 0.2) is 0 Å². The first-order valence-corrected chi connectivity index (χ1v) is 9.99. The van der Waals surface area contributed by atoms with Crippen LogP contribution in [0.1, 0.15) is 35.6 Å². The van der Waals surface area contributed by atoms with Crippen LogP contribution in [-0.4, -0.2) is 24.1 Å². The van der Waals surface area contributed by atoms with Gasteiger partial charge in [-0.2, -0.15) is 5.26 Å². The maximum atomic E-state index is 9.42. The van der Waals surface area contributed by atoms with E-state index in [9.17, 15) is 5.26 Å². The molecule has 0 aliphatic carbocycles. The van der Waals surface area contributed by atoms with Gasteiger partial charge in [-0.1, -0.05) is 55.5 Å². The highest BCUT2D eigenvalue weighted by molar-refractivity contribution is 5.67. The predicted molar refractivity (Wildman–Crippen MR) is 117 cm³/mol. The molecular formula is C24H25N5. The molecule has 3 atom stereocenters. The molecule has 3 N–H and O–H groups in total. The molecule has 3 aromatic rings. The smallest absolute Gasteiger partial charge is 0.149 e. The second-order valence-corrected chi connectivity index (χ2v) is 7.43. The van der Waals surface area contributed by atoms with Gasteiger partial charge < -0.3 is 16.0 Å². The lowest BCUT2D eigenvalue weighted by molar-refractivity contribution is 0.453. The molecule has 1 aromatic heterocycles. The number of fused-ring (bicyclic) bond motifs is 1. The molecule has 4 rings (SSSR count). The number of aromatic nitrogens is 1. The molecule has 2 aromatic carbocycles. The Kier molecular flexibility index (Phi) is 5.73. The number of pyridine rings is 1. The van der Waals surface area contributed by atoms with Gasteiger partial charge in [-0.05, 0) is 35.2 Å². The molecule has 5 nitrogen and oxygen atoms in total. The highest BCUT2D eigenvalue weighted by atomic mass is 15.2. The number of nitrogens with zero attached hydrogens (tertiary/aromatic N) is 2. The van der Waals surface area contributed by atoms with E-state index >= 15 is 0 Å². The molecule has 0 unspecified atom stereocenters. The van der Waals surface area contributed by atoms with Crippen molar-refractivity contribution in [3.63, 3.8) is 0 Å². The number of hydrogen-bond acceptors (Lipinski definition) is 5. The molecule has 0 fully saturated rings. The Morgan fingerprint density at radius 2 is 1.90 bits per heavy atom. The van der Waals surface area contributed by atoms with Gasteiger partial charge >= 0.3 is 0 Å². The van der Waals surface area contributed by atoms with Crippen LogP contribution in [0.15, 0.2) is 72.9 Å². The monoisotopic (exact) mass is 383 g/mol. The average Bonchev–Trinajstić information content (AvgIpc) is 2.79. The van der Waals surface area contributed by atoms with Gasteiger partial charge in [-0.3, -0.25) is 0 Å². The van der Waals surface area contributed by atoms with E-state index in [0.717, 1.165) is 35.7 Å². The minimum Gasteiger partial charge on any atom is -0.380 e. The van der Waals surface area contributed by atoms with Crippen LogP contribution >= 0.6 is 0 Å². The first kappa shape index (κ1) is 19.0. The van der Waals surface area contributed by atoms with Gasteiger partial charge in [0, 0.05) is 19.3 Å². The van der Waals surface area contributed by atoms with Gasteiger partial charge in [0.05, 0.1) is 29.4 Å². The second kappa shape index (κ2) is 8.76. The summed E-state index contributed by atoms with van der Waals surface area (Å²) in [5, 5.41) is 20.3. The average molecular weight is 383 g/mol. The molecule has 2 heterocycles. The van der Waals surface area contributed by atoms with Gasteiger partial charge in [0.1, 0.15) is 5.82 Å². The maximum Gasteiger partial charge on any atom is 0.149 e. The summed E-state index contributed by atoms with van der Waals surface area (Å²) in [6.07, 6.45) is 1.81. The number of benzene rings is 2. The summed E-state index contributed by atoms with van der Waals surface area (Å²) in [4.78, 5) is 4.47. The predicted octanol–water partition coefficient (Wildman–Crippen LogP) is 4.29. The molecular weight excluding hydrogens is 358 g/mol. The Morgan fingerprint density at radius 3 is 2.72 bits per heavy atom. The normalized spacial score (nSPS) is 17.2. The second-order valence-electron chi connectivity index (χ2n) is 7.43. The fourth-order valence-corrected chi connectivity index (χ4v) is 3.91. The van der Waals surface area contributed by atoms with Crippen LogP contribution in [0, 0.1) is 11.3 Å². The highest BCUT2D eigenvalue weighted by Crippen LogP contribution is 2.29. The van der Waals surface area contributed by atoms with Crippen molar-refractivity contribution < 1.29 is 0 Å². The molecule has 1 aliphatic heterocycles. The Hall–Kier alpha value is -3.36. The molecule has 5 heteroatoms. The number of hydrogen-bond donors (Lipinski definition) is 3. The third kappa shape index (κ3) is 4.23. The minimum absolute atomic E-state index is 0.107. The van der Waals surface area contributed by atoms with E-state index < -0.39 is 0 Å². The Bertz CT molecular complexity index is 995. The summed E-state index contributed by atoms with van der Waals surface area (Å²) in [5.74, 6) is 1.10. The van der Waals surface area contributed by atoms with Crippen molar-refractivity contribution in [3.05, 3.63) is 89.6 Å². The summed E-state index contributed by atoms with van der Waals surface area (Å²) in [7, 11) is 0. The van der Waals surface area contributed by atoms with Crippen LogP contribution in [0.4, 0.5) is 11.5 Å². The zero-order valence-corrected chi connectivity index (χ0v) is 16.5. The fourth-order valence-electron chi connectivity index (χ4n) is 3.91. The Balaban J connectivity index is 1.54. The van der Waals surface area contributed by atoms with Crippen molar-refractivity contribution in [2.75, 3.05) is 23.7 Å². The standard InChI is InChI=1S/C24H25N5/c1-17(20-11-6-5-10-19(20)14-25)15-28-23(18-8-3-2-4-9-18)22-16-27-21-12-7-13-26-24(21)29-22/h2-13,17,22-23,27-28H,15-16H2,1H3,(H,26,29)/t17-,22-,23+/m1/s1. The summed E-state index contributed by atoms with van der Waals surface area (Å²) in [6, 6.07) is 24.9. The Morgan fingerprint density at radius 1 is 1.10 bits per heavy atom. The van der Waals surface area contributed by atoms with Gasteiger partial charge in [0.25, 0.3) is 0 Å². The first-order valence-electron chi connectivity index (χ1n) is 9.99. The molecule has 0 amide bonds. The molecule has 1 aliphatic rings. The molecule has 0 bridgehead atoms. The van der Waals surface area contributed by atoms with E-state index in [1.54, 1.807) is 0 Å². The van der Waals surface area contributed by atoms with E-state index in [0.29, 0.717) is 0 Å². The van der Waals surface area contributed by atoms with E-state index in [1.807, 2.05) is 48.7 Å². The van der Waals surface area contributed by atoms with Crippen molar-refractivity contribution in [3.8, 4) is 6.07 Å². The molecule has 29 heavy (non-hydrogen) atoms. The molecule has 0 spiro atoms. The summed E-state index contributed by atoms with van der Waals surface area (Å²) < 4.78 is 0. The summed E-state index contributed by atoms with van der Waals surface area (Å²) in [5.41, 5.74) is 4.09. The van der Waals surface area contributed by atoms with Crippen molar-refractivity contribution in [1.29, 1.82) is 5.26 Å². The first-order chi connectivity index (χ1) is 14.3. The van der Waals surface area contributed by atoms with Crippen molar-refractivity contribution in [1.82, 2.24) is 10.3 Å². The number of rotatable bonds is 6. The largest absolute Gasteiger partial charge is 0.380 e. The number of nitrogens with one attached hydrogen (secondary N) is 3. The third-order valence-corrected chi connectivity index (χ3v) is 5.46. The molecule has 0 radical (unpaired) electrons. The van der Waals surface area contributed by atoms with E-state index in [2.05, 4.69) is 58.2 Å². The van der Waals surface area contributed by atoms with Gasteiger partial charge in [0.2, 0.25) is 0 Å². The summed E-state index contributed by atoms with van der Waals surface area (Å²) >= 11 is 0. The number of anilines is 2. The van der Waals surface area contributed by atoms with E-state index in [4.69, 9.17) is 0 Å². The van der Waals surface area contributed by atoms with Crippen LogP contribution < -0.4 is 16.0 Å². The minimum atomic E-state index is 0.107. The molecule has 0 saturated heterocycles. The van der Waals surface area contributed by atoms with E-state index in [1.165, 1.54) is 5.56 Å². The third-order valence-electron chi connectivity index (χ3n) is 5.46.